The Balaban J connectivity index is 0.000000250. The van der Waals surface area contributed by atoms with Crippen LogP contribution in [0.15, 0.2) is 0 Å². The standard InChI is InChI=1S/C3H7NS.K/c1-2-5-3-4-1;/h4H,1-3H2;. The van der Waals surface area contributed by atoms with Crippen molar-refractivity contribution in [3.05, 3.63) is 0 Å². The van der Waals surface area contributed by atoms with E-state index in [9.17, 15) is 0 Å². The first-order valence-electron chi connectivity index (χ1n) is 1.78. The molecule has 0 aromatic carbocycles. The minimum atomic E-state index is 0. The van der Waals surface area contributed by atoms with Crippen LogP contribution in [0.2, 0.25) is 0 Å². The molecule has 1 heterocycles. The Morgan fingerprint density at radius 2 is 2.33 bits per heavy atom. The van der Waals surface area contributed by atoms with Gasteiger partial charge in [0, 0.05) is 69.6 Å². The van der Waals surface area contributed by atoms with Crippen LogP contribution < -0.4 is 5.32 Å². The summed E-state index contributed by atoms with van der Waals surface area (Å²) in [5.74, 6) is 2.47. The van der Waals surface area contributed by atoms with Gasteiger partial charge in [0.2, 0.25) is 0 Å². The molecular formula is C3H7KNS. The van der Waals surface area contributed by atoms with Crippen molar-refractivity contribution >= 4 is 63.1 Å². The van der Waals surface area contributed by atoms with Gasteiger partial charge in [-0.25, -0.2) is 0 Å². The second kappa shape index (κ2) is 5.09. The minimum absolute atomic E-state index is 0. The van der Waals surface area contributed by atoms with Gasteiger partial charge in [-0.1, -0.05) is 0 Å². The predicted octanol–water partition coefficient (Wildman–Crippen LogP) is -0.100. The second-order valence-corrected chi connectivity index (χ2v) is 2.16. The van der Waals surface area contributed by atoms with Gasteiger partial charge < -0.3 is 5.32 Å². The van der Waals surface area contributed by atoms with Crippen molar-refractivity contribution < 1.29 is 0 Å². The van der Waals surface area contributed by atoms with Gasteiger partial charge in [-0.3, -0.25) is 0 Å². The summed E-state index contributed by atoms with van der Waals surface area (Å²) in [5, 5.41) is 3.19. The smallest absolute Gasteiger partial charge is 0.0418 e. The van der Waals surface area contributed by atoms with E-state index in [-0.39, 0.29) is 51.4 Å². The summed E-state index contributed by atoms with van der Waals surface area (Å²) in [5.41, 5.74) is 0. The Kier molecular flexibility index (Phi) is 6.74. The molecule has 0 spiro atoms. The van der Waals surface area contributed by atoms with Crippen molar-refractivity contribution in [1.29, 1.82) is 0 Å². The molecule has 1 aliphatic rings. The molecule has 3 heteroatoms. The molecule has 31 valence electrons. The third-order valence-electron chi connectivity index (χ3n) is 0.627. The first-order valence-corrected chi connectivity index (χ1v) is 2.94. The molecule has 0 unspecified atom stereocenters. The number of hydrogen-bond donors (Lipinski definition) is 1. The zero-order chi connectivity index (χ0) is 3.54. The van der Waals surface area contributed by atoms with Crippen molar-refractivity contribution in [3.63, 3.8) is 0 Å². The van der Waals surface area contributed by atoms with Gasteiger partial charge in [-0.2, -0.15) is 0 Å². The zero-order valence-electron chi connectivity index (χ0n) is 4.03. The van der Waals surface area contributed by atoms with Crippen molar-refractivity contribution in [2.45, 2.75) is 0 Å². The number of nitrogens with one attached hydrogen (secondary N) is 1. The van der Waals surface area contributed by atoms with E-state index in [1.54, 1.807) is 0 Å². The molecule has 0 atom stereocenters. The summed E-state index contributed by atoms with van der Waals surface area (Å²) in [7, 11) is 0. The van der Waals surface area contributed by atoms with Crippen LogP contribution >= 0.6 is 11.8 Å². The maximum atomic E-state index is 3.19. The largest absolute Gasteiger partial charge is 0.307 e. The molecular weight excluding hydrogens is 121 g/mol. The fourth-order valence-electron chi connectivity index (χ4n) is 0.361. The van der Waals surface area contributed by atoms with E-state index in [2.05, 4.69) is 5.32 Å². The van der Waals surface area contributed by atoms with E-state index in [0.29, 0.717) is 0 Å². The van der Waals surface area contributed by atoms with Crippen LogP contribution in [0.5, 0.6) is 0 Å². The average molecular weight is 128 g/mol. The van der Waals surface area contributed by atoms with E-state index < -0.39 is 0 Å². The summed E-state index contributed by atoms with van der Waals surface area (Å²) in [4.78, 5) is 0. The molecule has 0 bridgehead atoms. The molecule has 1 N–H and O–H groups in total. The van der Waals surface area contributed by atoms with Crippen LogP contribution in [0.25, 0.3) is 0 Å². The molecule has 0 aromatic rings. The van der Waals surface area contributed by atoms with E-state index in [4.69, 9.17) is 0 Å². The molecule has 1 nitrogen and oxygen atoms in total. The van der Waals surface area contributed by atoms with Gasteiger partial charge in [0.15, 0.2) is 0 Å². The minimum Gasteiger partial charge on any atom is -0.307 e. The van der Waals surface area contributed by atoms with Gasteiger partial charge in [-0.05, 0) is 0 Å². The monoisotopic (exact) mass is 128 g/mol. The van der Waals surface area contributed by atoms with Gasteiger partial charge >= 0.3 is 0 Å². The van der Waals surface area contributed by atoms with Crippen LogP contribution in [0.3, 0.4) is 0 Å². The molecule has 1 rings (SSSR count). The quantitative estimate of drug-likeness (QED) is 0.457. The van der Waals surface area contributed by atoms with Crippen LogP contribution in [-0.4, -0.2) is 69.6 Å². The Labute approximate surface area is 85.1 Å². The van der Waals surface area contributed by atoms with Gasteiger partial charge in [0.25, 0.3) is 0 Å². The summed E-state index contributed by atoms with van der Waals surface area (Å²) in [6, 6.07) is 0. The van der Waals surface area contributed by atoms with Crippen molar-refractivity contribution in [3.8, 4) is 0 Å². The molecule has 6 heavy (non-hydrogen) atoms. The molecule has 1 saturated heterocycles. The maximum Gasteiger partial charge on any atom is 0.0418 e. The third-order valence-corrected chi connectivity index (χ3v) is 1.53. The van der Waals surface area contributed by atoms with Crippen LogP contribution in [-0.2, 0) is 0 Å². The molecule has 0 aliphatic carbocycles. The second-order valence-electron chi connectivity index (χ2n) is 1.05. The zero-order valence-corrected chi connectivity index (χ0v) is 7.97. The Morgan fingerprint density at radius 1 is 1.50 bits per heavy atom. The normalized spacial score (nSPS) is 20.0. The number of hydrogen-bond acceptors (Lipinski definition) is 2. The van der Waals surface area contributed by atoms with E-state index in [0.717, 1.165) is 0 Å². The summed E-state index contributed by atoms with van der Waals surface area (Å²) < 4.78 is 0. The third kappa shape index (κ3) is 3.02. The molecule has 1 fully saturated rings. The fourth-order valence-corrected chi connectivity index (χ4v) is 1.08. The molecule has 0 saturated carbocycles. The number of rotatable bonds is 0. The number of thioether (sulfide) groups is 1. The van der Waals surface area contributed by atoms with Crippen LogP contribution in [0.1, 0.15) is 0 Å². The van der Waals surface area contributed by atoms with Crippen LogP contribution in [0.4, 0.5) is 0 Å². The van der Waals surface area contributed by atoms with Crippen LogP contribution in [0, 0.1) is 0 Å². The van der Waals surface area contributed by atoms with E-state index in [1.165, 1.54) is 18.2 Å². The Morgan fingerprint density at radius 3 is 2.50 bits per heavy atom. The van der Waals surface area contributed by atoms with Gasteiger partial charge in [0.1, 0.15) is 0 Å². The topological polar surface area (TPSA) is 12.0 Å². The van der Waals surface area contributed by atoms with Gasteiger partial charge in [-0.15, -0.1) is 11.8 Å². The van der Waals surface area contributed by atoms with Crippen molar-refractivity contribution in [2.75, 3.05) is 18.2 Å². The first kappa shape index (κ1) is 7.95. The first-order chi connectivity index (χ1) is 2.50. The molecule has 1 aliphatic heterocycles. The van der Waals surface area contributed by atoms with Crippen molar-refractivity contribution in [1.82, 2.24) is 5.32 Å². The maximum absolute atomic E-state index is 3.19. The van der Waals surface area contributed by atoms with Gasteiger partial charge in [0.05, 0.1) is 0 Å². The average Bonchev–Trinajstić information content (AvgIpc) is 1.76. The summed E-state index contributed by atoms with van der Waals surface area (Å²) in [6.07, 6.45) is 0. The molecule has 0 aromatic heterocycles. The molecule has 0 amide bonds. The molecule has 1 radical (unpaired) electrons. The summed E-state index contributed by atoms with van der Waals surface area (Å²) >= 11 is 1.96. The SMILES string of the molecule is C1CSCN1.[K]. The summed E-state index contributed by atoms with van der Waals surface area (Å²) in [6.45, 7) is 1.21. The predicted molar refractivity (Wildman–Crippen MR) is 31.1 cm³/mol. The van der Waals surface area contributed by atoms with E-state index >= 15 is 0 Å². The van der Waals surface area contributed by atoms with E-state index in [1.807, 2.05) is 11.8 Å². The van der Waals surface area contributed by atoms with Crippen molar-refractivity contribution in [2.24, 2.45) is 0 Å². The Bertz CT molecular complexity index is 22.4. The Hall–Kier alpha value is 1.95. The fraction of sp³-hybridized carbons (Fsp3) is 1.00.